The van der Waals surface area contributed by atoms with Gasteiger partial charge in [0.15, 0.2) is 15.0 Å². The summed E-state index contributed by atoms with van der Waals surface area (Å²) in [7, 11) is -3.50. The number of amides is 1. The van der Waals surface area contributed by atoms with Gasteiger partial charge in [0.05, 0.1) is 27.4 Å². The van der Waals surface area contributed by atoms with Gasteiger partial charge < -0.3 is 0 Å². The van der Waals surface area contributed by atoms with Crippen LogP contribution in [0.5, 0.6) is 0 Å². The second-order valence-corrected chi connectivity index (χ2v) is 11.7. The van der Waals surface area contributed by atoms with Crippen LogP contribution in [0.2, 0.25) is 5.02 Å². The van der Waals surface area contributed by atoms with Crippen molar-refractivity contribution in [3.63, 3.8) is 0 Å². The van der Waals surface area contributed by atoms with E-state index in [0.29, 0.717) is 16.7 Å². The summed E-state index contributed by atoms with van der Waals surface area (Å²) in [5.41, 5.74) is 4.06. The molecule has 1 aromatic heterocycles. The van der Waals surface area contributed by atoms with Crippen molar-refractivity contribution >= 4 is 54.0 Å². The number of aryl methyl sites for hydroxylation is 2. The van der Waals surface area contributed by atoms with E-state index in [1.165, 1.54) is 23.5 Å². The monoisotopic (exact) mass is 512 g/mol. The van der Waals surface area contributed by atoms with E-state index < -0.39 is 9.84 Å². The molecule has 4 aromatic rings. The number of benzene rings is 3. The van der Waals surface area contributed by atoms with Crippen molar-refractivity contribution in [2.75, 3.05) is 10.7 Å². The normalized spacial score (nSPS) is 11.6. The van der Waals surface area contributed by atoms with Gasteiger partial charge in [0.2, 0.25) is 5.91 Å². The van der Waals surface area contributed by atoms with Gasteiger partial charge in [0.1, 0.15) is 0 Å². The molecule has 5 nitrogen and oxygen atoms in total. The third-order valence-electron chi connectivity index (χ3n) is 5.62. The van der Waals surface area contributed by atoms with E-state index in [9.17, 15) is 13.2 Å². The van der Waals surface area contributed by atoms with E-state index in [0.717, 1.165) is 26.9 Å². The number of sulfone groups is 1. The molecule has 0 unspecified atom stereocenters. The molecule has 0 spiro atoms. The van der Waals surface area contributed by atoms with Crippen LogP contribution in [0.25, 0.3) is 10.2 Å². The van der Waals surface area contributed by atoms with Crippen LogP contribution in [0.4, 0.5) is 5.13 Å². The highest BCUT2D eigenvalue weighted by Crippen LogP contribution is 2.34. The molecule has 1 heterocycles. The average Bonchev–Trinajstić information content (AvgIpc) is 3.27. The second-order valence-electron chi connectivity index (χ2n) is 8.22. The Balaban J connectivity index is 1.55. The highest BCUT2D eigenvalue weighted by atomic mass is 35.5. The van der Waals surface area contributed by atoms with Crippen molar-refractivity contribution in [2.45, 2.75) is 38.1 Å². The summed E-state index contributed by atoms with van der Waals surface area (Å²) >= 11 is 7.36. The molecule has 0 fully saturated rings. The molecule has 0 radical (unpaired) electrons. The van der Waals surface area contributed by atoms with Crippen LogP contribution in [0.15, 0.2) is 71.6 Å². The van der Waals surface area contributed by atoms with E-state index in [1.807, 2.05) is 50.2 Å². The molecule has 0 aliphatic rings. The third-order valence-corrected chi connectivity index (χ3v) is 8.91. The lowest BCUT2D eigenvalue weighted by Gasteiger charge is -2.20. The number of thiazole rings is 1. The van der Waals surface area contributed by atoms with Gasteiger partial charge in [-0.15, -0.1) is 0 Å². The molecule has 0 bridgehead atoms. The molecular weight excluding hydrogens is 488 g/mol. The summed E-state index contributed by atoms with van der Waals surface area (Å²) in [6, 6.07) is 19.9. The van der Waals surface area contributed by atoms with Crippen molar-refractivity contribution in [2.24, 2.45) is 0 Å². The zero-order chi connectivity index (χ0) is 24.3. The number of carbonyl (C=O) groups excluding carboxylic acids is 1. The lowest BCUT2D eigenvalue weighted by atomic mass is 10.1. The first-order valence-electron chi connectivity index (χ1n) is 10.9. The quantitative estimate of drug-likeness (QED) is 0.276. The minimum Gasteiger partial charge on any atom is -0.284 e. The number of fused-ring (bicyclic) bond motifs is 1. The summed E-state index contributed by atoms with van der Waals surface area (Å²) < 4.78 is 26.4. The lowest BCUT2D eigenvalue weighted by molar-refractivity contribution is -0.118. The van der Waals surface area contributed by atoms with Crippen molar-refractivity contribution in [1.29, 1.82) is 0 Å². The minimum absolute atomic E-state index is 0.105. The first-order chi connectivity index (χ1) is 16.2. The molecular formula is C26H25ClN2O3S2. The molecule has 0 aliphatic carbocycles. The Hall–Kier alpha value is -2.74. The maximum atomic E-state index is 13.3. The Morgan fingerprint density at radius 3 is 2.32 bits per heavy atom. The summed E-state index contributed by atoms with van der Waals surface area (Å²) in [6.07, 6.45) is 0.325. The van der Waals surface area contributed by atoms with Crippen molar-refractivity contribution < 1.29 is 13.2 Å². The first-order valence-corrected chi connectivity index (χ1v) is 13.8. The van der Waals surface area contributed by atoms with Crippen LogP contribution >= 0.6 is 22.9 Å². The number of hydrogen-bond donors (Lipinski definition) is 0. The molecule has 0 N–H and O–H groups in total. The topological polar surface area (TPSA) is 67.3 Å². The number of nitrogens with zero attached hydrogens (tertiary/aromatic N) is 2. The first kappa shape index (κ1) is 24.4. The largest absolute Gasteiger partial charge is 0.284 e. The van der Waals surface area contributed by atoms with E-state index >= 15 is 0 Å². The molecule has 0 aliphatic heterocycles. The zero-order valence-electron chi connectivity index (χ0n) is 19.0. The highest BCUT2D eigenvalue weighted by Gasteiger charge is 2.22. The van der Waals surface area contributed by atoms with Crippen molar-refractivity contribution in [3.05, 3.63) is 88.4 Å². The SMILES string of the molecule is Cc1ccc(C)c2sc(N(Cc3ccccc3)C(=O)CCCS(=O)(=O)c3ccc(Cl)cc3)nc12. The summed E-state index contributed by atoms with van der Waals surface area (Å²) in [5, 5.41) is 1.11. The summed E-state index contributed by atoms with van der Waals surface area (Å²) in [6.45, 7) is 4.42. The molecule has 0 saturated carbocycles. The van der Waals surface area contributed by atoms with Gasteiger partial charge in [-0.05, 0) is 61.2 Å². The number of rotatable bonds is 8. The number of aromatic nitrogens is 1. The standard InChI is InChI=1S/C26H25ClN2O3S2/c1-18-10-11-19(2)25-24(18)28-26(33-25)29(17-20-7-4-3-5-8-20)23(30)9-6-16-34(31,32)22-14-12-21(27)13-15-22/h3-5,7-8,10-15H,6,9,16-17H2,1-2H3. The smallest absolute Gasteiger partial charge is 0.229 e. The molecule has 34 heavy (non-hydrogen) atoms. The number of hydrogen-bond acceptors (Lipinski definition) is 5. The number of anilines is 1. The lowest BCUT2D eigenvalue weighted by Crippen LogP contribution is -2.30. The van der Waals surface area contributed by atoms with E-state index in [4.69, 9.17) is 16.6 Å². The van der Waals surface area contributed by atoms with Crippen molar-refractivity contribution in [3.8, 4) is 0 Å². The average molecular weight is 513 g/mol. The van der Waals surface area contributed by atoms with Crippen LogP contribution in [0.1, 0.15) is 29.5 Å². The van der Waals surface area contributed by atoms with Crippen LogP contribution in [-0.4, -0.2) is 25.1 Å². The van der Waals surface area contributed by atoms with Crippen LogP contribution < -0.4 is 4.90 Å². The maximum Gasteiger partial charge on any atom is 0.229 e. The fraction of sp³-hybridized carbons (Fsp3) is 0.231. The van der Waals surface area contributed by atoms with Gasteiger partial charge in [-0.3, -0.25) is 9.69 Å². The van der Waals surface area contributed by atoms with E-state index in [2.05, 4.69) is 6.07 Å². The van der Waals surface area contributed by atoms with Crippen LogP contribution in [-0.2, 0) is 21.2 Å². The fourth-order valence-electron chi connectivity index (χ4n) is 3.70. The Bertz CT molecular complexity index is 1380. The summed E-state index contributed by atoms with van der Waals surface area (Å²) in [5.74, 6) is -0.262. The molecule has 0 atom stereocenters. The predicted molar refractivity (Wildman–Crippen MR) is 139 cm³/mol. The minimum atomic E-state index is -3.50. The molecule has 8 heteroatoms. The van der Waals surface area contributed by atoms with Gasteiger partial charge >= 0.3 is 0 Å². The molecule has 3 aromatic carbocycles. The van der Waals surface area contributed by atoms with Crippen LogP contribution in [0, 0.1) is 13.8 Å². The van der Waals surface area contributed by atoms with Crippen molar-refractivity contribution in [1.82, 2.24) is 4.98 Å². The highest BCUT2D eigenvalue weighted by molar-refractivity contribution is 7.91. The molecule has 176 valence electrons. The zero-order valence-corrected chi connectivity index (χ0v) is 21.4. The van der Waals surface area contributed by atoms with Gasteiger partial charge in [-0.1, -0.05) is 65.4 Å². The predicted octanol–water partition coefficient (Wildman–Crippen LogP) is 6.35. The van der Waals surface area contributed by atoms with Gasteiger partial charge in [-0.2, -0.15) is 0 Å². The second kappa shape index (κ2) is 10.3. The Morgan fingerprint density at radius 2 is 1.65 bits per heavy atom. The van der Waals surface area contributed by atoms with E-state index in [1.54, 1.807) is 17.0 Å². The Morgan fingerprint density at radius 1 is 0.971 bits per heavy atom. The number of halogens is 1. The van der Waals surface area contributed by atoms with Crippen LogP contribution in [0.3, 0.4) is 0 Å². The maximum absolute atomic E-state index is 13.3. The third kappa shape index (κ3) is 5.49. The van der Waals surface area contributed by atoms with E-state index in [-0.39, 0.29) is 29.4 Å². The van der Waals surface area contributed by atoms with Gasteiger partial charge in [0.25, 0.3) is 0 Å². The Labute approximate surface area is 208 Å². The fourth-order valence-corrected chi connectivity index (χ4v) is 6.27. The molecule has 0 saturated heterocycles. The number of carbonyl (C=O) groups is 1. The molecule has 1 amide bonds. The Kier molecular flexibility index (Phi) is 7.36. The van der Waals surface area contributed by atoms with Gasteiger partial charge in [-0.25, -0.2) is 13.4 Å². The van der Waals surface area contributed by atoms with Gasteiger partial charge in [0, 0.05) is 11.4 Å². The molecule has 4 rings (SSSR count). The summed E-state index contributed by atoms with van der Waals surface area (Å²) in [4.78, 5) is 20.0.